The molecule has 1 aliphatic carbocycles. The minimum atomic E-state index is -0.103. The Morgan fingerprint density at radius 2 is 1.40 bits per heavy atom. The van der Waals surface area contributed by atoms with E-state index < -0.39 is 0 Å². The van der Waals surface area contributed by atoms with Crippen LogP contribution in [0.5, 0.6) is 0 Å². The molecule has 1 fully saturated rings. The minimum Gasteiger partial charge on any atom is -0.348 e. The molecular weight excluding hydrogens is 306 g/mol. The van der Waals surface area contributed by atoms with Crippen molar-refractivity contribution in [3.05, 3.63) is 71.8 Å². The Morgan fingerprint density at radius 3 is 1.92 bits per heavy atom. The molecule has 2 aromatic rings. The van der Waals surface area contributed by atoms with E-state index in [1.165, 1.54) is 31.2 Å². The van der Waals surface area contributed by atoms with Crippen molar-refractivity contribution in [2.75, 3.05) is 0 Å². The molecule has 0 bridgehead atoms. The fraction of sp³-hybridized carbons (Fsp3) is 0.435. The molecule has 0 saturated heterocycles. The maximum absolute atomic E-state index is 13.2. The molecule has 2 aromatic carbocycles. The Bertz CT molecular complexity index is 659. The van der Waals surface area contributed by atoms with E-state index in [0.29, 0.717) is 5.92 Å². The lowest BCUT2D eigenvalue weighted by atomic mass is 9.86. The third-order valence-corrected chi connectivity index (χ3v) is 5.44. The van der Waals surface area contributed by atoms with Gasteiger partial charge < -0.3 is 5.32 Å². The molecule has 2 atom stereocenters. The van der Waals surface area contributed by atoms with Crippen molar-refractivity contribution in [1.82, 2.24) is 5.32 Å². The zero-order chi connectivity index (χ0) is 17.6. The van der Waals surface area contributed by atoms with Crippen LogP contribution in [0.3, 0.4) is 0 Å². The van der Waals surface area contributed by atoms with Crippen LogP contribution in [0.4, 0.5) is 0 Å². The first-order valence-electron chi connectivity index (χ1n) is 9.57. The summed E-state index contributed by atoms with van der Waals surface area (Å²) >= 11 is 0. The van der Waals surface area contributed by atoms with Crippen LogP contribution in [0, 0.1) is 11.8 Å². The maximum Gasteiger partial charge on any atom is 0.228 e. The Morgan fingerprint density at radius 1 is 0.880 bits per heavy atom. The van der Waals surface area contributed by atoms with Gasteiger partial charge in [0.05, 0.1) is 12.0 Å². The van der Waals surface area contributed by atoms with E-state index in [1.54, 1.807) is 0 Å². The molecule has 2 heteroatoms. The summed E-state index contributed by atoms with van der Waals surface area (Å²) in [6.07, 6.45) is 4.96. The summed E-state index contributed by atoms with van der Waals surface area (Å²) in [5, 5.41) is 3.42. The fourth-order valence-corrected chi connectivity index (χ4v) is 4.17. The van der Waals surface area contributed by atoms with Gasteiger partial charge in [0.25, 0.3) is 0 Å². The Labute approximate surface area is 151 Å². The zero-order valence-electron chi connectivity index (χ0n) is 15.3. The first-order chi connectivity index (χ1) is 12.2. The topological polar surface area (TPSA) is 29.1 Å². The number of rotatable bonds is 6. The number of carbonyl (C=O) groups is 1. The number of hydrogen-bond donors (Lipinski definition) is 1. The second-order valence-corrected chi connectivity index (χ2v) is 7.57. The van der Waals surface area contributed by atoms with Gasteiger partial charge in [0.2, 0.25) is 5.91 Å². The van der Waals surface area contributed by atoms with Crippen LogP contribution < -0.4 is 5.32 Å². The Kier molecular flexibility index (Phi) is 5.91. The van der Waals surface area contributed by atoms with Crippen LogP contribution in [-0.4, -0.2) is 5.91 Å². The van der Waals surface area contributed by atoms with E-state index in [-0.39, 0.29) is 23.8 Å². The summed E-state index contributed by atoms with van der Waals surface area (Å²) in [5.74, 6) is 0.869. The van der Waals surface area contributed by atoms with Gasteiger partial charge in [-0.15, -0.1) is 0 Å². The summed E-state index contributed by atoms with van der Waals surface area (Å²) in [7, 11) is 0. The molecule has 1 amide bonds. The smallest absolute Gasteiger partial charge is 0.228 e. The van der Waals surface area contributed by atoms with E-state index in [9.17, 15) is 4.79 Å². The van der Waals surface area contributed by atoms with Crippen molar-refractivity contribution < 1.29 is 4.79 Å². The molecule has 0 spiro atoms. The van der Waals surface area contributed by atoms with Crippen molar-refractivity contribution in [2.24, 2.45) is 11.8 Å². The highest BCUT2D eigenvalue weighted by molar-refractivity contribution is 5.84. The highest BCUT2D eigenvalue weighted by atomic mass is 16.2. The summed E-state index contributed by atoms with van der Waals surface area (Å²) in [6, 6.07) is 20.8. The van der Waals surface area contributed by atoms with Crippen molar-refractivity contribution in [1.29, 1.82) is 0 Å². The van der Waals surface area contributed by atoms with Gasteiger partial charge in [-0.05, 0) is 35.8 Å². The van der Waals surface area contributed by atoms with E-state index in [4.69, 9.17) is 0 Å². The van der Waals surface area contributed by atoms with E-state index in [1.807, 2.05) is 24.3 Å². The van der Waals surface area contributed by atoms with Crippen LogP contribution in [0.1, 0.15) is 62.6 Å². The Hall–Kier alpha value is -2.09. The second-order valence-electron chi connectivity index (χ2n) is 7.57. The third-order valence-electron chi connectivity index (χ3n) is 5.44. The molecule has 0 heterocycles. The lowest BCUT2D eigenvalue weighted by molar-refractivity contribution is -0.124. The van der Waals surface area contributed by atoms with E-state index in [2.05, 4.69) is 55.6 Å². The number of benzene rings is 2. The molecule has 132 valence electrons. The second kappa shape index (κ2) is 8.33. The zero-order valence-corrected chi connectivity index (χ0v) is 15.3. The van der Waals surface area contributed by atoms with Gasteiger partial charge in [-0.1, -0.05) is 87.4 Å². The average Bonchev–Trinajstić information content (AvgIpc) is 3.15. The van der Waals surface area contributed by atoms with Gasteiger partial charge in [-0.2, -0.15) is 0 Å². The molecule has 25 heavy (non-hydrogen) atoms. The van der Waals surface area contributed by atoms with Crippen molar-refractivity contribution >= 4 is 5.91 Å². The summed E-state index contributed by atoms with van der Waals surface area (Å²) in [6.45, 7) is 4.26. The lowest BCUT2D eigenvalue weighted by Gasteiger charge is -2.29. The molecule has 3 rings (SSSR count). The molecule has 0 aromatic heterocycles. The first kappa shape index (κ1) is 17.7. The number of carbonyl (C=O) groups excluding carboxylic acids is 1. The Balaban J connectivity index is 1.83. The molecule has 1 aliphatic rings. The summed E-state index contributed by atoms with van der Waals surface area (Å²) in [5.41, 5.74) is 2.34. The molecule has 1 N–H and O–H groups in total. The minimum absolute atomic E-state index is 0.103. The largest absolute Gasteiger partial charge is 0.348 e. The highest BCUT2D eigenvalue weighted by Gasteiger charge is 2.31. The van der Waals surface area contributed by atoms with E-state index in [0.717, 1.165) is 5.56 Å². The number of hydrogen-bond acceptors (Lipinski definition) is 1. The predicted octanol–water partition coefficient (Wildman–Crippen LogP) is 5.47. The van der Waals surface area contributed by atoms with Gasteiger partial charge in [0, 0.05) is 0 Å². The lowest BCUT2D eigenvalue weighted by Crippen LogP contribution is -2.37. The molecule has 0 radical (unpaired) electrons. The van der Waals surface area contributed by atoms with E-state index >= 15 is 0 Å². The van der Waals surface area contributed by atoms with Crippen LogP contribution in [0.2, 0.25) is 0 Å². The van der Waals surface area contributed by atoms with Crippen LogP contribution in [0.15, 0.2) is 60.7 Å². The summed E-state index contributed by atoms with van der Waals surface area (Å²) in [4.78, 5) is 13.2. The number of nitrogens with one attached hydrogen (secondary N) is 1. The van der Waals surface area contributed by atoms with Crippen molar-refractivity contribution in [3.63, 3.8) is 0 Å². The van der Waals surface area contributed by atoms with Gasteiger partial charge in [0.15, 0.2) is 0 Å². The molecule has 1 saturated carbocycles. The summed E-state index contributed by atoms with van der Waals surface area (Å²) < 4.78 is 0. The molecule has 0 aliphatic heterocycles. The number of amides is 1. The van der Waals surface area contributed by atoms with Gasteiger partial charge in [-0.25, -0.2) is 0 Å². The highest BCUT2D eigenvalue weighted by Crippen LogP contribution is 2.36. The fourth-order valence-electron chi connectivity index (χ4n) is 4.17. The first-order valence-corrected chi connectivity index (χ1v) is 9.57. The SMILES string of the molecule is CC(C)[C@@H](C(=O)N[C@H](c1ccccc1)C1CCCC1)c1ccccc1. The van der Waals surface area contributed by atoms with Crippen molar-refractivity contribution in [3.8, 4) is 0 Å². The quantitative estimate of drug-likeness (QED) is 0.744. The van der Waals surface area contributed by atoms with Gasteiger partial charge in [0.1, 0.15) is 0 Å². The third kappa shape index (κ3) is 4.31. The molecule has 0 unspecified atom stereocenters. The van der Waals surface area contributed by atoms with Crippen LogP contribution in [-0.2, 0) is 4.79 Å². The molecular formula is C23H29NO. The molecule has 2 nitrogen and oxygen atoms in total. The van der Waals surface area contributed by atoms with Crippen molar-refractivity contribution in [2.45, 2.75) is 51.5 Å². The van der Waals surface area contributed by atoms with Crippen LogP contribution >= 0.6 is 0 Å². The predicted molar refractivity (Wildman–Crippen MR) is 103 cm³/mol. The van der Waals surface area contributed by atoms with Crippen LogP contribution in [0.25, 0.3) is 0 Å². The normalized spacial score (nSPS) is 17.4. The van der Waals surface area contributed by atoms with Gasteiger partial charge in [-0.3, -0.25) is 4.79 Å². The monoisotopic (exact) mass is 335 g/mol. The standard InChI is InChI=1S/C23H29NO/c1-17(2)21(18-11-5-3-6-12-18)23(25)24-22(20-15-9-10-16-20)19-13-7-4-8-14-19/h3-8,11-14,17,20-22H,9-10,15-16H2,1-2H3,(H,24,25)/t21-,22-/m1/s1. The van der Waals surface area contributed by atoms with Gasteiger partial charge >= 0.3 is 0 Å². The maximum atomic E-state index is 13.2. The average molecular weight is 335 g/mol.